The molecule has 0 N–H and O–H groups in total. The van der Waals surface area contributed by atoms with E-state index in [-0.39, 0.29) is 10.8 Å². The predicted octanol–water partition coefficient (Wildman–Crippen LogP) is 3.18. The van der Waals surface area contributed by atoms with E-state index < -0.39 is 5.97 Å². The van der Waals surface area contributed by atoms with Crippen molar-refractivity contribution < 1.29 is 9.53 Å². The largest absolute Gasteiger partial charge is 0.464 e. The van der Waals surface area contributed by atoms with Gasteiger partial charge in [0.15, 0.2) is 5.69 Å². The van der Waals surface area contributed by atoms with Gasteiger partial charge >= 0.3 is 5.97 Å². The first kappa shape index (κ1) is 11.9. The summed E-state index contributed by atoms with van der Waals surface area (Å²) in [5.74, 6) is -0.498. The molecule has 0 atom stereocenters. The molecule has 1 heterocycles. The minimum atomic E-state index is -0.498. The zero-order valence-electron chi connectivity index (χ0n) is 7.18. The monoisotopic (exact) mass is 341 g/mol. The normalized spacial score (nSPS) is 10.0. The fraction of sp³-hybridized carbons (Fsp3) is 0.250. The molecule has 0 radical (unpaired) electrons. The van der Waals surface area contributed by atoms with E-state index in [1.54, 1.807) is 6.07 Å². The van der Waals surface area contributed by atoms with Crippen molar-refractivity contribution in [2.45, 2.75) is 5.33 Å². The molecule has 0 spiro atoms. The number of rotatable bonds is 2. The predicted molar refractivity (Wildman–Crippen MR) is 60.9 cm³/mol. The lowest BCUT2D eigenvalue weighted by Crippen LogP contribution is -2.08. The Kier molecular flexibility index (Phi) is 4.34. The van der Waals surface area contributed by atoms with Crippen LogP contribution in [0.2, 0.25) is 5.15 Å². The highest BCUT2D eigenvalue weighted by Gasteiger charge is 2.16. The SMILES string of the molecule is COC(=O)c1nc(Cl)cc(Br)c1CBr. The van der Waals surface area contributed by atoms with Gasteiger partial charge in [-0.2, -0.15) is 0 Å². The number of carbonyl (C=O) groups excluding carboxylic acids is 1. The van der Waals surface area contributed by atoms with E-state index in [2.05, 4.69) is 41.6 Å². The Morgan fingerprint density at radius 2 is 2.36 bits per heavy atom. The second-order valence-electron chi connectivity index (χ2n) is 2.38. The Bertz CT molecular complexity index is 371. The number of carbonyl (C=O) groups is 1. The molecule has 0 saturated heterocycles. The summed E-state index contributed by atoms with van der Waals surface area (Å²) in [6, 6.07) is 1.63. The number of nitrogens with zero attached hydrogens (tertiary/aromatic N) is 1. The van der Waals surface area contributed by atoms with Crippen LogP contribution >= 0.6 is 43.5 Å². The zero-order valence-corrected chi connectivity index (χ0v) is 11.1. The van der Waals surface area contributed by atoms with E-state index in [9.17, 15) is 4.79 Å². The first-order valence-corrected chi connectivity index (χ1v) is 5.88. The van der Waals surface area contributed by atoms with Gasteiger partial charge in [0, 0.05) is 15.4 Å². The summed E-state index contributed by atoms with van der Waals surface area (Å²) in [4.78, 5) is 15.2. The smallest absolute Gasteiger partial charge is 0.357 e. The summed E-state index contributed by atoms with van der Waals surface area (Å²) >= 11 is 12.3. The van der Waals surface area contributed by atoms with Crippen LogP contribution in [-0.2, 0) is 10.1 Å². The molecule has 1 aromatic rings. The van der Waals surface area contributed by atoms with Crippen LogP contribution in [0.25, 0.3) is 0 Å². The Morgan fingerprint density at radius 1 is 1.71 bits per heavy atom. The maximum atomic E-state index is 11.3. The number of halogens is 3. The number of aromatic nitrogens is 1. The molecule has 0 aromatic carbocycles. The minimum absolute atomic E-state index is 0.226. The van der Waals surface area contributed by atoms with Crippen molar-refractivity contribution >= 4 is 49.4 Å². The highest BCUT2D eigenvalue weighted by molar-refractivity contribution is 9.10. The van der Waals surface area contributed by atoms with Gasteiger partial charge in [-0.1, -0.05) is 43.5 Å². The van der Waals surface area contributed by atoms with E-state index in [4.69, 9.17) is 11.6 Å². The van der Waals surface area contributed by atoms with Crippen LogP contribution in [0.3, 0.4) is 0 Å². The number of alkyl halides is 1. The molecule has 1 aromatic heterocycles. The molecular weight excluding hydrogens is 337 g/mol. The van der Waals surface area contributed by atoms with Crippen molar-refractivity contribution in [2.24, 2.45) is 0 Å². The van der Waals surface area contributed by atoms with E-state index in [0.717, 1.165) is 10.0 Å². The third-order valence-corrected chi connectivity index (χ3v) is 3.01. The standard InChI is InChI=1S/C8H6Br2ClNO2/c1-14-8(13)7-4(3-9)5(10)2-6(11)12-7/h2H,3H2,1H3. The highest BCUT2D eigenvalue weighted by Crippen LogP contribution is 2.25. The van der Waals surface area contributed by atoms with Gasteiger partial charge < -0.3 is 4.74 Å². The lowest BCUT2D eigenvalue weighted by molar-refractivity contribution is 0.0593. The quantitative estimate of drug-likeness (QED) is 0.470. The fourth-order valence-corrected chi connectivity index (χ4v) is 2.72. The summed E-state index contributed by atoms with van der Waals surface area (Å²) in [5.41, 5.74) is 0.949. The van der Waals surface area contributed by atoms with Crippen molar-refractivity contribution in [1.29, 1.82) is 0 Å². The topological polar surface area (TPSA) is 39.2 Å². The number of hydrogen-bond acceptors (Lipinski definition) is 3. The summed E-state index contributed by atoms with van der Waals surface area (Å²) < 4.78 is 5.32. The van der Waals surface area contributed by atoms with Gasteiger partial charge in [0.2, 0.25) is 0 Å². The molecule has 6 heteroatoms. The van der Waals surface area contributed by atoms with Crippen LogP contribution in [-0.4, -0.2) is 18.1 Å². The number of ether oxygens (including phenoxy) is 1. The first-order chi connectivity index (χ1) is 6.60. The van der Waals surface area contributed by atoms with Gasteiger partial charge in [-0.25, -0.2) is 9.78 Å². The van der Waals surface area contributed by atoms with E-state index >= 15 is 0 Å². The molecule has 1 rings (SSSR count). The number of pyridine rings is 1. The van der Waals surface area contributed by atoms with Crippen molar-refractivity contribution in [3.8, 4) is 0 Å². The van der Waals surface area contributed by atoms with Crippen LogP contribution in [0.4, 0.5) is 0 Å². The molecule has 0 aliphatic heterocycles. The van der Waals surface area contributed by atoms with Crippen molar-refractivity contribution in [3.63, 3.8) is 0 Å². The average molecular weight is 343 g/mol. The van der Waals surface area contributed by atoms with Gasteiger partial charge in [-0.05, 0) is 6.07 Å². The number of methoxy groups -OCH3 is 1. The van der Waals surface area contributed by atoms with E-state index in [1.807, 2.05) is 0 Å². The second kappa shape index (κ2) is 5.09. The summed E-state index contributed by atoms with van der Waals surface area (Å²) in [6.07, 6.45) is 0. The summed E-state index contributed by atoms with van der Waals surface area (Å²) in [7, 11) is 1.30. The van der Waals surface area contributed by atoms with Gasteiger partial charge in [-0.3, -0.25) is 0 Å². The molecular formula is C8H6Br2ClNO2. The minimum Gasteiger partial charge on any atom is -0.464 e. The second-order valence-corrected chi connectivity index (χ2v) is 4.18. The Labute approximate surface area is 103 Å². The Hall–Kier alpha value is -0.130. The fourth-order valence-electron chi connectivity index (χ4n) is 0.904. The number of esters is 1. The number of hydrogen-bond donors (Lipinski definition) is 0. The molecule has 0 saturated carbocycles. The zero-order chi connectivity index (χ0) is 10.7. The third-order valence-electron chi connectivity index (χ3n) is 1.55. The van der Waals surface area contributed by atoms with E-state index in [1.165, 1.54) is 7.11 Å². The van der Waals surface area contributed by atoms with Gasteiger partial charge in [0.25, 0.3) is 0 Å². The molecule has 0 aliphatic carbocycles. The lowest BCUT2D eigenvalue weighted by atomic mass is 10.2. The van der Waals surface area contributed by atoms with Crippen molar-refractivity contribution in [3.05, 3.63) is 26.9 Å². The van der Waals surface area contributed by atoms with Crippen LogP contribution < -0.4 is 0 Å². The Morgan fingerprint density at radius 3 is 2.86 bits per heavy atom. The van der Waals surface area contributed by atoms with Crippen molar-refractivity contribution in [2.75, 3.05) is 7.11 Å². The maximum Gasteiger partial charge on any atom is 0.357 e. The van der Waals surface area contributed by atoms with Crippen LogP contribution in [0.1, 0.15) is 16.1 Å². The van der Waals surface area contributed by atoms with Crippen molar-refractivity contribution in [1.82, 2.24) is 4.98 Å². The third kappa shape index (κ3) is 2.46. The molecule has 14 heavy (non-hydrogen) atoms. The molecule has 0 aliphatic rings. The first-order valence-electron chi connectivity index (χ1n) is 3.59. The molecule has 0 amide bonds. The Balaban J connectivity index is 3.32. The van der Waals surface area contributed by atoms with Crippen LogP contribution in [0.15, 0.2) is 10.5 Å². The lowest BCUT2D eigenvalue weighted by Gasteiger charge is -2.06. The molecule has 0 fully saturated rings. The van der Waals surface area contributed by atoms with Crippen LogP contribution in [0, 0.1) is 0 Å². The summed E-state index contributed by atoms with van der Waals surface area (Å²) in [6.45, 7) is 0. The maximum absolute atomic E-state index is 11.3. The highest BCUT2D eigenvalue weighted by atomic mass is 79.9. The van der Waals surface area contributed by atoms with Gasteiger partial charge in [0.1, 0.15) is 5.15 Å². The van der Waals surface area contributed by atoms with E-state index in [0.29, 0.717) is 5.33 Å². The average Bonchev–Trinajstić information content (AvgIpc) is 2.15. The van der Waals surface area contributed by atoms with Gasteiger partial charge in [0.05, 0.1) is 7.11 Å². The molecule has 0 bridgehead atoms. The molecule has 0 unspecified atom stereocenters. The molecule has 3 nitrogen and oxygen atoms in total. The van der Waals surface area contributed by atoms with Gasteiger partial charge in [-0.15, -0.1) is 0 Å². The molecule has 76 valence electrons. The summed E-state index contributed by atoms with van der Waals surface area (Å²) in [5, 5.41) is 0.754. The van der Waals surface area contributed by atoms with Crippen LogP contribution in [0.5, 0.6) is 0 Å².